The third-order valence-corrected chi connectivity index (χ3v) is 3.90. The molecule has 0 unspecified atom stereocenters. The van der Waals surface area contributed by atoms with Gasteiger partial charge in [0.2, 0.25) is 0 Å². The third kappa shape index (κ3) is 3.37. The van der Waals surface area contributed by atoms with Crippen molar-refractivity contribution in [1.82, 2.24) is 10.3 Å². The van der Waals surface area contributed by atoms with Gasteiger partial charge in [0.05, 0.1) is 0 Å². The van der Waals surface area contributed by atoms with Crippen LogP contribution in [0.5, 0.6) is 0 Å². The lowest BCUT2D eigenvalue weighted by Crippen LogP contribution is -2.32. The average Bonchev–Trinajstić information content (AvgIpc) is 3.01. The number of fused-ring (bicyclic) bond motifs is 1. The number of aromatic nitrogens is 1. The van der Waals surface area contributed by atoms with Gasteiger partial charge in [0.1, 0.15) is 0 Å². The van der Waals surface area contributed by atoms with Crippen LogP contribution in [0.15, 0.2) is 60.8 Å². The quantitative estimate of drug-likeness (QED) is 0.735. The summed E-state index contributed by atoms with van der Waals surface area (Å²) in [6.07, 6.45) is 3.79. The summed E-state index contributed by atoms with van der Waals surface area (Å²) in [6, 6.07) is 18.2. The molecule has 0 saturated heterocycles. The second kappa shape index (κ2) is 6.48. The van der Waals surface area contributed by atoms with Gasteiger partial charge in [-0.15, -0.1) is 0 Å². The van der Waals surface area contributed by atoms with Crippen molar-refractivity contribution in [3.8, 4) is 0 Å². The SMILES string of the molecule is C[C@H](CCc1ccccc1)NC(=O)c1ccc2cc[nH]c2c1. The van der Waals surface area contributed by atoms with E-state index >= 15 is 0 Å². The van der Waals surface area contributed by atoms with Gasteiger partial charge in [-0.25, -0.2) is 0 Å². The molecule has 112 valence electrons. The van der Waals surface area contributed by atoms with E-state index in [1.807, 2.05) is 55.6 Å². The highest BCUT2D eigenvalue weighted by Crippen LogP contribution is 2.14. The highest BCUT2D eigenvalue weighted by Gasteiger charge is 2.10. The highest BCUT2D eigenvalue weighted by molar-refractivity contribution is 5.98. The van der Waals surface area contributed by atoms with Crippen LogP contribution in [0.4, 0.5) is 0 Å². The standard InChI is InChI=1S/C19H20N2O/c1-14(7-8-15-5-3-2-4-6-15)21-19(22)17-10-9-16-11-12-20-18(16)13-17/h2-6,9-14,20H,7-8H2,1H3,(H,21,22)/t14-/m1/s1. The zero-order chi connectivity index (χ0) is 15.4. The van der Waals surface area contributed by atoms with Crippen molar-refractivity contribution in [1.29, 1.82) is 0 Å². The van der Waals surface area contributed by atoms with E-state index in [9.17, 15) is 4.79 Å². The fourth-order valence-electron chi connectivity index (χ4n) is 2.60. The number of hydrogen-bond acceptors (Lipinski definition) is 1. The second-order valence-corrected chi connectivity index (χ2v) is 5.68. The van der Waals surface area contributed by atoms with E-state index in [0.717, 1.165) is 23.7 Å². The Bertz CT molecular complexity index is 761. The third-order valence-electron chi connectivity index (χ3n) is 3.90. The molecule has 3 nitrogen and oxygen atoms in total. The van der Waals surface area contributed by atoms with Crippen molar-refractivity contribution in [2.24, 2.45) is 0 Å². The Morgan fingerprint density at radius 2 is 1.95 bits per heavy atom. The molecule has 0 aliphatic rings. The average molecular weight is 292 g/mol. The van der Waals surface area contributed by atoms with E-state index in [0.29, 0.717) is 5.56 Å². The largest absolute Gasteiger partial charge is 0.361 e. The number of rotatable bonds is 5. The first-order valence-electron chi connectivity index (χ1n) is 7.64. The molecule has 3 rings (SSSR count). The minimum absolute atomic E-state index is 0.0166. The van der Waals surface area contributed by atoms with Gasteiger partial charge in [0, 0.05) is 23.3 Å². The maximum atomic E-state index is 12.3. The van der Waals surface area contributed by atoms with Crippen molar-refractivity contribution in [3.63, 3.8) is 0 Å². The van der Waals surface area contributed by atoms with Crippen molar-refractivity contribution >= 4 is 16.8 Å². The molecule has 2 N–H and O–H groups in total. The van der Waals surface area contributed by atoms with Crippen LogP contribution in [-0.2, 0) is 6.42 Å². The van der Waals surface area contributed by atoms with Gasteiger partial charge in [-0.1, -0.05) is 36.4 Å². The second-order valence-electron chi connectivity index (χ2n) is 5.68. The van der Waals surface area contributed by atoms with Crippen LogP contribution in [0, 0.1) is 0 Å². The van der Waals surface area contributed by atoms with Crippen molar-refractivity contribution in [3.05, 3.63) is 71.9 Å². The lowest BCUT2D eigenvalue weighted by Gasteiger charge is -2.14. The fraction of sp³-hybridized carbons (Fsp3) is 0.211. The molecule has 1 heterocycles. The Labute approximate surface area is 130 Å². The van der Waals surface area contributed by atoms with E-state index in [2.05, 4.69) is 22.4 Å². The maximum Gasteiger partial charge on any atom is 0.251 e. The number of amides is 1. The summed E-state index contributed by atoms with van der Waals surface area (Å²) in [6.45, 7) is 2.05. The Morgan fingerprint density at radius 3 is 2.77 bits per heavy atom. The van der Waals surface area contributed by atoms with E-state index < -0.39 is 0 Å². The number of hydrogen-bond donors (Lipinski definition) is 2. The summed E-state index contributed by atoms with van der Waals surface area (Å²) in [5.74, 6) is -0.0166. The smallest absolute Gasteiger partial charge is 0.251 e. The number of carbonyl (C=O) groups is 1. The van der Waals surface area contributed by atoms with Gasteiger partial charge in [0.25, 0.3) is 5.91 Å². The predicted octanol–water partition coefficient (Wildman–Crippen LogP) is 3.92. The molecule has 0 spiro atoms. The van der Waals surface area contributed by atoms with Crippen molar-refractivity contribution in [2.75, 3.05) is 0 Å². The zero-order valence-electron chi connectivity index (χ0n) is 12.7. The van der Waals surface area contributed by atoms with Crippen molar-refractivity contribution in [2.45, 2.75) is 25.8 Å². The van der Waals surface area contributed by atoms with Crippen LogP contribution in [-0.4, -0.2) is 16.9 Å². The highest BCUT2D eigenvalue weighted by atomic mass is 16.1. The molecule has 3 aromatic rings. The summed E-state index contributed by atoms with van der Waals surface area (Å²) in [5.41, 5.74) is 2.99. The molecule has 0 bridgehead atoms. The molecule has 22 heavy (non-hydrogen) atoms. The molecule has 1 atom stereocenters. The number of carbonyl (C=O) groups excluding carboxylic acids is 1. The number of aryl methyl sites for hydroxylation is 1. The summed E-state index contributed by atoms with van der Waals surface area (Å²) in [5, 5.41) is 4.19. The Kier molecular flexibility index (Phi) is 4.24. The van der Waals surface area contributed by atoms with Crippen LogP contribution in [0.25, 0.3) is 10.9 Å². The van der Waals surface area contributed by atoms with Gasteiger partial charge in [-0.3, -0.25) is 4.79 Å². The molecule has 1 amide bonds. The van der Waals surface area contributed by atoms with E-state index in [1.54, 1.807) is 0 Å². The Balaban J connectivity index is 1.58. The number of nitrogens with one attached hydrogen (secondary N) is 2. The predicted molar refractivity (Wildman–Crippen MR) is 90.0 cm³/mol. The fourth-order valence-corrected chi connectivity index (χ4v) is 2.60. The van der Waals surface area contributed by atoms with Gasteiger partial charge in [0.15, 0.2) is 0 Å². The first-order chi connectivity index (χ1) is 10.7. The van der Waals surface area contributed by atoms with E-state index in [1.165, 1.54) is 5.56 Å². The molecule has 0 aliphatic carbocycles. The minimum Gasteiger partial charge on any atom is -0.361 e. The topological polar surface area (TPSA) is 44.9 Å². The monoisotopic (exact) mass is 292 g/mol. The van der Waals surface area contributed by atoms with Crippen LogP contribution in [0.2, 0.25) is 0 Å². The number of H-pyrrole nitrogens is 1. The molecular formula is C19H20N2O. The maximum absolute atomic E-state index is 12.3. The molecule has 0 saturated carbocycles. The van der Waals surface area contributed by atoms with Crippen LogP contribution in [0.3, 0.4) is 0 Å². The molecule has 0 aliphatic heterocycles. The summed E-state index contributed by atoms with van der Waals surface area (Å²) in [7, 11) is 0. The van der Waals surface area contributed by atoms with Gasteiger partial charge in [-0.05, 0) is 48.9 Å². The van der Waals surface area contributed by atoms with Crippen LogP contribution < -0.4 is 5.32 Å². The van der Waals surface area contributed by atoms with Crippen molar-refractivity contribution < 1.29 is 4.79 Å². The van der Waals surface area contributed by atoms with Gasteiger partial charge in [-0.2, -0.15) is 0 Å². The Hall–Kier alpha value is -2.55. The zero-order valence-corrected chi connectivity index (χ0v) is 12.7. The summed E-state index contributed by atoms with van der Waals surface area (Å²) in [4.78, 5) is 15.4. The number of benzene rings is 2. The minimum atomic E-state index is -0.0166. The van der Waals surface area contributed by atoms with Crippen LogP contribution >= 0.6 is 0 Å². The summed E-state index contributed by atoms with van der Waals surface area (Å²) < 4.78 is 0. The lowest BCUT2D eigenvalue weighted by molar-refractivity contribution is 0.0938. The number of aromatic amines is 1. The Morgan fingerprint density at radius 1 is 1.14 bits per heavy atom. The molecule has 1 aromatic heterocycles. The van der Waals surface area contributed by atoms with Crippen LogP contribution in [0.1, 0.15) is 29.3 Å². The lowest BCUT2D eigenvalue weighted by atomic mass is 10.1. The summed E-state index contributed by atoms with van der Waals surface area (Å²) >= 11 is 0. The first kappa shape index (κ1) is 14.4. The molecule has 0 fully saturated rings. The van der Waals surface area contributed by atoms with Gasteiger partial charge >= 0.3 is 0 Å². The first-order valence-corrected chi connectivity index (χ1v) is 7.64. The molecule has 2 aromatic carbocycles. The molecule has 3 heteroatoms. The van der Waals surface area contributed by atoms with Gasteiger partial charge < -0.3 is 10.3 Å². The normalized spacial score (nSPS) is 12.2. The van der Waals surface area contributed by atoms with E-state index in [4.69, 9.17) is 0 Å². The van der Waals surface area contributed by atoms with E-state index in [-0.39, 0.29) is 11.9 Å². The molecule has 0 radical (unpaired) electrons. The molecular weight excluding hydrogens is 272 g/mol.